The van der Waals surface area contributed by atoms with Crippen molar-refractivity contribution in [3.63, 3.8) is 0 Å². The number of carbonyl (C=O) groups is 1. The van der Waals surface area contributed by atoms with Crippen molar-refractivity contribution in [1.82, 2.24) is 0 Å². The zero-order valence-corrected chi connectivity index (χ0v) is 14.1. The van der Waals surface area contributed by atoms with Crippen LogP contribution in [0.15, 0.2) is 40.9 Å². The number of fused-ring (bicyclic) bond motifs is 1. The first kappa shape index (κ1) is 15.0. The van der Waals surface area contributed by atoms with Gasteiger partial charge in [0.05, 0.1) is 5.69 Å². The molecule has 1 amide bonds. The number of anilines is 1. The Bertz CT molecular complexity index is 753. The maximum Gasteiger partial charge on any atom is 0.414 e. The van der Waals surface area contributed by atoms with Crippen LogP contribution in [-0.4, -0.2) is 13.1 Å². The fourth-order valence-corrected chi connectivity index (χ4v) is 3.12. The quantitative estimate of drug-likeness (QED) is 0.707. The second-order valence-corrected chi connectivity index (χ2v) is 6.74. The Morgan fingerprint density at radius 1 is 1.14 bits per heavy atom. The van der Waals surface area contributed by atoms with E-state index in [0.29, 0.717) is 4.47 Å². The minimum absolute atomic E-state index is 0.301. The number of rotatable bonds is 1. The van der Waals surface area contributed by atoms with Gasteiger partial charge in [0.15, 0.2) is 0 Å². The summed E-state index contributed by atoms with van der Waals surface area (Å²) in [5.41, 5.74) is 2.62. The van der Waals surface area contributed by atoms with Crippen LogP contribution >= 0.6 is 15.9 Å². The molecule has 0 radical (unpaired) electrons. The molecule has 0 spiro atoms. The van der Waals surface area contributed by atoms with E-state index in [1.807, 2.05) is 38.1 Å². The summed E-state index contributed by atoms with van der Waals surface area (Å²) < 4.78 is 19.7. The number of hydrogen-bond acceptors (Lipinski definition) is 2. The molecule has 0 bridgehead atoms. The molecule has 2 aromatic rings. The molecular formula is C17H15BrFNO2. The lowest BCUT2D eigenvalue weighted by Crippen LogP contribution is -2.41. The molecule has 3 nitrogen and oxygen atoms in total. The number of cyclic esters (lactones) is 1. The van der Waals surface area contributed by atoms with Gasteiger partial charge in [0.25, 0.3) is 0 Å². The second kappa shape index (κ2) is 5.09. The number of nitrogens with zero attached hydrogens (tertiary/aromatic N) is 1. The summed E-state index contributed by atoms with van der Waals surface area (Å²) in [7, 11) is 1.68. The fraction of sp³-hybridized carbons (Fsp3) is 0.235. The van der Waals surface area contributed by atoms with E-state index in [2.05, 4.69) is 15.9 Å². The van der Waals surface area contributed by atoms with Gasteiger partial charge < -0.3 is 4.74 Å². The zero-order chi connectivity index (χ0) is 16.1. The number of benzene rings is 2. The minimum atomic E-state index is -0.723. The third-order valence-electron chi connectivity index (χ3n) is 3.82. The molecule has 1 heterocycles. The van der Waals surface area contributed by atoms with Crippen LogP contribution in [0.1, 0.15) is 19.4 Å². The van der Waals surface area contributed by atoms with Gasteiger partial charge in [-0.15, -0.1) is 0 Å². The SMILES string of the molecule is CN1C(=O)OC(C)(C)c2cc(-c3cc(F)cc(Br)c3)ccc21. The topological polar surface area (TPSA) is 29.5 Å². The molecular weight excluding hydrogens is 349 g/mol. The molecule has 0 fully saturated rings. The van der Waals surface area contributed by atoms with E-state index in [1.54, 1.807) is 7.05 Å². The van der Waals surface area contributed by atoms with Crippen LogP contribution in [0.3, 0.4) is 0 Å². The highest BCUT2D eigenvalue weighted by atomic mass is 79.9. The summed E-state index contributed by atoms with van der Waals surface area (Å²) in [6, 6.07) is 10.5. The second-order valence-electron chi connectivity index (χ2n) is 5.83. The monoisotopic (exact) mass is 363 g/mol. The summed E-state index contributed by atoms with van der Waals surface area (Å²) in [5.74, 6) is -0.301. The Morgan fingerprint density at radius 2 is 1.86 bits per heavy atom. The zero-order valence-electron chi connectivity index (χ0n) is 12.5. The summed E-state index contributed by atoms with van der Waals surface area (Å²) >= 11 is 3.31. The van der Waals surface area contributed by atoms with Crippen molar-refractivity contribution in [3.05, 3.63) is 52.3 Å². The highest BCUT2D eigenvalue weighted by Gasteiger charge is 2.36. The van der Waals surface area contributed by atoms with Gasteiger partial charge in [0, 0.05) is 17.1 Å². The van der Waals surface area contributed by atoms with Gasteiger partial charge in [0.1, 0.15) is 11.4 Å². The predicted octanol–water partition coefficient (Wildman–Crippen LogP) is 5.08. The van der Waals surface area contributed by atoms with Crippen molar-refractivity contribution in [1.29, 1.82) is 0 Å². The molecule has 0 N–H and O–H groups in total. The standard InChI is InChI=1S/C17H15BrFNO2/c1-17(2)14-8-10(11-6-12(18)9-13(19)7-11)4-5-15(14)20(3)16(21)22-17/h4-9H,1-3H3. The van der Waals surface area contributed by atoms with E-state index in [9.17, 15) is 9.18 Å². The molecule has 5 heteroatoms. The third kappa shape index (κ3) is 2.50. The molecule has 22 heavy (non-hydrogen) atoms. The largest absolute Gasteiger partial charge is 0.438 e. The van der Waals surface area contributed by atoms with Gasteiger partial charge in [-0.05, 0) is 55.3 Å². The molecule has 0 saturated carbocycles. The summed E-state index contributed by atoms with van der Waals surface area (Å²) in [4.78, 5) is 13.3. The van der Waals surface area contributed by atoms with Crippen molar-refractivity contribution >= 4 is 27.7 Å². The van der Waals surface area contributed by atoms with E-state index in [0.717, 1.165) is 22.4 Å². The smallest absolute Gasteiger partial charge is 0.414 e. The van der Waals surface area contributed by atoms with Gasteiger partial charge in [-0.25, -0.2) is 9.18 Å². The average molecular weight is 364 g/mol. The Hall–Kier alpha value is -1.88. The molecule has 0 aromatic heterocycles. The first-order valence-electron chi connectivity index (χ1n) is 6.85. The van der Waals surface area contributed by atoms with E-state index < -0.39 is 5.60 Å². The normalized spacial score (nSPS) is 16.2. The van der Waals surface area contributed by atoms with Crippen LogP contribution in [0.5, 0.6) is 0 Å². The maximum atomic E-state index is 13.6. The van der Waals surface area contributed by atoms with Crippen LogP contribution in [0.25, 0.3) is 11.1 Å². The Morgan fingerprint density at radius 3 is 2.55 bits per heavy atom. The van der Waals surface area contributed by atoms with Crippen LogP contribution in [0.2, 0.25) is 0 Å². The molecule has 1 aliphatic heterocycles. The Kier molecular flexibility index (Phi) is 3.48. The first-order chi connectivity index (χ1) is 10.3. The van der Waals surface area contributed by atoms with E-state index in [-0.39, 0.29) is 11.9 Å². The number of amides is 1. The van der Waals surface area contributed by atoms with Crippen molar-refractivity contribution in [2.24, 2.45) is 0 Å². The molecule has 0 saturated heterocycles. The number of ether oxygens (including phenoxy) is 1. The van der Waals surface area contributed by atoms with E-state index >= 15 is 0 Å². The molecule has 3 rings (SSSR count). The molecule has 2 aromatic carbocycles. The predicted molar refractivity (Wildman–Crippen MR) is 87.4 cm³/mol. The van der Waals surface area contributed by atoms with Crippen LogP contribution in [0.4, 0.5) is 14.9 Å². The lowest BCUT2D eigenvalue weighted by Gasteiger charge is -2.37. The van der Waals surface area contributed by atoms with Gasteiger partial charge in [0.2, 0.25) is 0 Å². The molecule has 0 unspecified atom stereocenters. The number of halogens is 2. The van der Waals surface area contributed by atoms with Crippen LogP contribution in [0, 0.1) is 5.82 Å². The van der Waals surface area contributed by atoms with Crippen molar-refractivity contribution < 1.29 is 13.9 Å². The molecule has 0 atom stereocenters. The Balaban J connectivity index is 2.16. The van der Waals surface area contributed by atoms with Crippen molar-refractivity contribution in [3.8, 4) is 11.1 Å². The van der Waals surface area contributed by atoms with E-state index in [1.165, 1.54) is 17.0 Å². The molecule has 0 aliphatic carbocycles. The third-order valence-corrected chi connectivity index (χ3v) is 4.28. The van der Waals surface area contributed by atoms with Gasteiger partial charge in [-0.1, -0.05) is 22.0 Å². The Labute approximate surface area is 136 Å². The highest BCUT2D eigenvalue weighted by molar-refractivity contribution is 9.10. The summed E-state index contributed by atoms with van der Waals surface area (Å²) in [6.07, 6.45) is -0.376. The molecule has 1 aliphatic rings. The van der Waals surface area contributed by atoms with Crippen molar-refractivity contribution in [2.75, 3.05) is 11.9 Å². The lowest BCUT2D eigenvalue weighted by atomic mass is 9.91. The summed E-state index contributed by atoms with van der Waals surface area (Å²) in [6.45, 7) is 3.70. The first-order valence-corrected chi connectivity index (χ1v) is 7.65. The van der Waals surface area contributed by atoms with Gasteiger partial charge in [-0.2, -0.15) is 0 Å². The average Bonchev–Trinajstić information content (AvgIpc) is 2.43. The fourth-order valence-electron chi connectivity index (χ4n) is 2.65. The highest BCUT2D eigenvalue weighted by Crippen LogP contribution is 2.40. The summed E-state index contributed by atoms with van der Waals surface area (Å²) in [5, 5.41) is 0. The maximum absolute atomic E-state index is 13.6. The van der Waals surface area contributed by atoms with Crippen molar-refractivity contribution in [2.45, 2.75) is 19.4 Å². The number of carbonyl (C=O) groups excluding carboxylic acids is 1. The van der Waals surface area contributed by atoms with Crippen LogP contribution in [-0.2, 0) is 10.3 Å². The minimum Gasteiger partial charge on any atom is -0.438 e. The van der Waals surface area contributed by atoms with E-state index in [4.69, 9.17) is 4.74 Å². The number of hydrogen-bond donors (Lipinski definition) is 0. The molecule has 114 valence electrons. The van der Waals surface area contributed by atoms with Gasteiger partial charge in [-0.3, -0.25) is 4.90 Å². The van der Waals surface area contributed by atoms with Gasteiger partial charge >= 0.3 is 6.09 Å². The van der Waals surface area contributed by atoms with Crippen LogP contribution < -0.4 is 4.90 Å². The lowest BCUT2D eigenvalue weighted by molar-refractivity contribution is 0.0362.